The number of aliphatic hydroxyl groups is 1. The summed E-state index contributed by atoms with van der Waals surface area (Å²) in [5, 5.41) is 15.3. The Morgan fingerprint density at radius 1 is 1.26 bits per heavy atom. The van der Waals surface area contributed by atoms with Gasteiger partial charge in [0.25, 0.3) is 0 Å². The Labute approximate surface area is 138 Å². The number of rotatable bonds is 6. The highest BCUT2D eigenvalue weighted by atomic mass is 16.5. The van der Waals surface area contributed by atoms with Crippen LogP contribution in [0.2, 0.25) is 0 Å². The standard InChI is InChI=1S/C18H28N2O3/c1-3-17(14-6-10-16(23-2)11-7-14)20-18(22)19-15-8-4-13(12-21)5-9-15/h6-7,10-11,13,15,17,21H,3-5,8-9,12H2,1-2H3,(H2,19,20,22). The van der Waals surface area contributed by atoms with Crippen LogP contribution in [0.5, 0.6) is 5.75 Å². The van der Waals surface area contributed by atoms with Crippen LogP contribution >= 0.6 is 0 Å². The van der Waals surface area contributed by atoms with Gasteiger partial charge in [-0.05, 0) is 55.7 Å². The molecule has 0 heterocycles. The van der Waals surface area contributed by atoms with Gasteiger partial charge in [0, 0.05) is 12.6 Å². The maximum absolute atomic E-state index is 12.2. The van der Waals surface area contributed by atoms with Crippen molar-refractivity contribution in [3.05, 3.63) is 29.8 Å². The van der Waals surface area contributed by atoms with E-state index in [-0.39, 0.29) is 24.7 Å². The number of nitrogens with one attached hydrogen (secondary N) is 2. The van der Waals surface area contributed by atoms with E-state index in [1.165, 1.54) is 0 Å². The molecule has 128 valence electrons. The lowest BCUT2D eigenvalue weighted by Gasteiger charge is -2.28. The van der Waals surface area contributed by atoms with Gasteiger partial charge in [0.05, 0.1) is 13.2 Å². The summed E-state index contributed by atoms with van der Waals surface area (Å²) in [6.07, 6.45) is 4.68. The molecule has 1 unspecified atom stereocenters. The number of ether oxygens (including phenoxy) is 1. The number of carbonyl (C=O) groups is 1. The Bertz CT molecular complexity index is 482. The Balaban J connectivity index is 1.84. The smallest absolute Gasteiger partial charge is 0.315 e. The van der Waals surface area contributed by atoms with Crippen LogP contribution < -0.4 is 15.4 Å². The van der Waals surface area contributed by atoms with E-state index < -0.39 is 0 Å². The van der Waals surface area contributed by atoms with Crippen molar-refractivity contribution < 1.29 is 14.6 Å². The fourth-order valence-corrected chi connectivity index (χ4v) is 3.13. The Morgan fingerprint density at radius 3 is 2.43 bits per heavy atom. The van der Waals surface area contributed by atoms with Crippen LogP contribution in [0, 0.1) is 5.92 Å². The molecule has 2 amide bonds. The predicted octanol–water partition coefficient (Wildman–Crippen LogP) is 3.00. The van der Waals surface area contributed by atoms with Gasteiger partial charge in [-0.3, -0.25) is 0 Å². The van der Waals surface area contributed by atoms with Crippen LogP contribution in [-0.2, 0) is 0 Å². The fourth-order valence-electron chi connectivity index (χ4n) is 3.13. The van der Waals surface area contributed by atoms with Crippen LogP contribution in [0.15, 0.2) is 24.3 Å². The van der Waals surface area contributed by atoms with Crippen molar-refractivity contribution in [2.45, 2.75) is 51.1 Å². The summed E-state index contributed by atoms with van der Waals surface area (Å²) >= 11 is 0. The summed E-state index contributed by atoms with van der Waals surface area (Å²) in [5.41, 5.74) is 1.08. The number of aliphatic hydroxyl groups excluding tert-OH is 1. The summed E-state index contributed by atoms with van der Waals surface area (Å²) in [5.74, 6) is 1.22. The van der Waals surface area contributed by atoms with Gasteiger partial charge in [0.15, 0.2) is 0 Å². The number of benzene rings is 1. The van der Waals surface area contributed by atoms with E-state index in [1.807, 2.05) is 24.3 Å². The van der Waals surface area contributed by atoms with Crippen molar-refractivity contribution in [1.82, 2.24) is 10.6 Å². The molecule has 1 fully saturated rings. The van der Waals surface area contributed by atoms with Crippen molar-refractivity contribution in [2.24, 2.45) is 5.92 Å². The first-order valence-corrected chi connectivity index (χ1v) is 8.48. The third-order valence-corrected chi connectivity index (χ3v) is 4.67. The Morgan fingerprint density at radius 2 is 1.91 bits per heavy atom. The number of hydrogen-bond acceptors (Lipinski definition) is 3. The molecule has 1 atom stereocenters. The molecule has 1 aliphatic rings. The number of methoxy groups -OCH3 is 1. The van der Waals surface area contributed by atoms with E-state index in [0.29, 0.717) is 5.92 Å². The minimum atomic E-state index is -0.111. The van der Waals surface area contributed by atoms with Gasteiger partial charge in [-0.2, -0.15) is 0 Å². The van der Waals surface area contributed by atoms with E-state index >= 15 is 0 Å². The second kappa shape index (κ2) is 8.77. The van der Waals surface area contributed by atoms with E-state index in [9.17, 15) is 4.79 Å². The molecule has 2 rings (SSSR count). The molecule has 23 heavy (non-hydrogen) atoms. The van der Waals surface area contributed by atoms with Gasteiger partial charge in [0.1, 0.15) is 5.75 Å². The average Bonchev–Trinajstić information content (AvgIpc) is 2.60. The zero-order chi connectivity index (χ0) is 16.7. The zero-order valence-electron chi connectivity index (χ0n) is 14.0. The van der Waals surface area contributed by atoms with Crippen molar-refractivity contribution in [1.29, 1.82) is 0 Å². The third kappa shape index (κ3) is 5.13. The molecule has 5 heteroatoms. The molecule has 1 saturated carbocycles. The van der Waals surface area contributed by atoms with E-state index in [2.05, 4.69) is 17.6 Å². The van der Waals surface area contributed by atoms with Crippen LogP contribution in [0.3, 0.4) is 0 Å². The fraction of sp³-hybridized carbons (Fsp3) is 0.611. The normalized spacial score (nSPS) is 22.2. The minimum Gasteiger partial charge on any atom is -0.497 e. The minimum absolute atomic E-state index is 0.00492. The second-order valence-electron chi connectivity index (χ2n) is 6.25. The second-order valence-corrected chi connectivity index (χ2v) is 6.25. The lowest BCUT2D eigenvalue weighted by molar-refractivity contribution is 0.174. The quantitative estimate of drug-likeness (QED) is 0.754. The number of hydrogen-bond donors (Lipinski definition) is 3. The molecule has 3 N–H and O–H groups in total. The first-order chi connectivity index (χ1) is 11.2. The van der Waals surface area contributed by atoms with Crippen molar-refractivity contribution >= 4 is 6.03 Å². The van der Waals surface area contributed by atoms with Crippen LogP contribution in [0.25, 0.3) is 0 Å². The summed E-state index contributed by atoms with van der Waals surface area (Å²) in [6, 6.07) is 7.89. The number of urea groups is 1. The maximum atomic E-state index is 12.2. The SMILES string of the molecule is CCC(NC(=O)NC1CCC(CO)CC1)c1ccc(OC)cc1. The lowest BCUT2D eigenvalue weighted by atomic mass is 9.87. The van der Waals surface area contributed by atoms with Gasteiger partial charge in [-0.1, -0.05) is 19.1 Å². The largest absolute Gasteiger partial charge is 0.497 e. The topological polar surface area (TPSA) is 70.6 Å². The Hall–Kier alpha value is -1.75. The van der Waals surface area contributed by atoms with Gasteiger partial charge in [0.2, 0.25) is 0 Å². The van der Waals surface area contributed by atoms with Crippen molar-refractivity contribution in [3.63, 3.8) is 0 Å². The van der Waals surface area contributed by atoms with Gasteiger partial charge in [-0.25, -0.2) is 4.79 Å². The summed E-state index contributed by atoms with van der Waals surface area (Å²) in [4.78, 5) is 12.2. The van der Waals surface area contributed by atoms with Crippen molar-refractivity contribution in [3.8, 4) is 5.75 Å². The highest BCUT2D eigenvalue weighted by molar-refractivity contribution is 5.74. The molecular formula is C18H28N2O3. The Kier molecular flexibility index (Phi) is 6.71. The molecule has 1 aromatic carbocycles. The van der Waals surface area contributed by atoms with Crippen LogP contribution in [-0.4, -0.2) is 30.9 Å². The van der Waals surface area contributed by atoms with Crippen LogP contribution in [0.1, 0.15) is 50.6 Å². The summed E-state index contributed by atoms with van der Waals surface area (Å²) in [7, 11) is 1.64. The number of carbonyl (C=O) groups excluding carboxylic acids is 1. The molecule has 1 aliphatic carbocycles. The molecular weight excluding hydrogens is 292 g/mol. The molecule has 0 aromatic heterocycles. The van der Waals surface area contributed by atoms with E-state index in [1.54, 1.807) is 7.11 Å². The van der Waals surface area contributed by atoms with Gasteiger partial charge >= 0.3 is 6.03 Å². The summed E-state index contributed by atoms with van der Waals surface area (Å²) in [6.45, 7) is 2.32. The molecule has 1 aromatic rings. The van der Waals surface area contributed by atoms with Gasteiger partial charge < -0.3 is 20.5 Å². The van der Waals surface area contributed by atoms with Gasteiger partial charge in [-0.15, -0.1) is 0 Å². The predicted molar refractivity (Wildman–Crippen MR) is 90.5 cm³/mol. The van der Waals surface area contributed by atoms with E-state index in [0.717, 1.165) is 43.4 Å². The zero-order valence-corrected chi connectivity index (χ0v) is 14.0. The van der Waals surface area contributed by atoms with Crippen LogP contribution in [0.4, 0.5) is 4.79 Å². The highest BCUT2D eigenvalue weighted by Gasteiger charge is 2.22. The third-order valence-electron chi connectivity index (χ3n) is 4.67. The van der Waals surface area contributed by atoms with Crippen molar-refractivity contribution in [2.75, 3.05) is 13.7 Å². The molecule has 5 nitrogen and oxygen atoms in total. The summed E-state index contributed by atoms with van der Waals surface area (Å²) < 4.78 is 5.16. The molecule has 0 radical (unpaired) electrons. The van der Waals surface area contributed by atoms with E-state index in [4.69, 9.17) is 9.84 Å². The first kappa shape index (κ1) is 17.6. The monoisotopic (exact) mass is 320 g/mol. The lowest BCUT2D eigenvalue weighted by Crippen LogP contribution is -2.44. The molecule has 0 bridgehead atoms. The highest BCUT2D eigenvalue weighted by Crippen LogP contribution is 2.24. The first-order valence-electron chi connectivity index (χ1n) is 8.48. The maximum Gasteiger partial charge on any atom is 0.315 e. The number of amides is 2. The molecule has 0 spiro atoms. The average molecular weight is 320 g/mol. The molecule has 0 saturated heterocycles. The molecule has 0 aliphatic heterocycles.